The Morgan fingerprint density at radius 1 is 1.43 bits per heavy atom. The summed E-state index contributed by atoms with van der Waals surface area (Å²) in [4.78, 5) is 13.5. The van der Waals surface area contributed by atoms with Gasteiger partial charge in [-0.1, -0.05) is 0 Å². The second-order valence-electron chi connectivity index (χ2n) is 3.31. The molecule has 1 aliphatic heterocycles. The average Bonchev–Trinajstić information content (AvgIpc) is 2.25. The van der Waals surface area contributed by atoms with Crippen molar-refractivity contribution in [2.45, 2.75) is 6.42 Å². The molecule has 0 atom stereocenters. The van der Waals surface area contributed by atoms with E-state index in [-0.39, 0.29) is 5.91 Å². The summed E-state index contributed by atoms with van der Waals surface area (Å²) >= 11 is 1.92. The molecule has 0 aliphatic carbocycles. The lowest BCUT2D eigenvalue weighted by Crippen LogP contribution is -2.43. The van der Waals surface area contributed by atoms with Crippen LogP contribution in [0, 0.1) is 0 Å². The van der Waals surface area contributed by atoms with Gasteiger partial charge in [-0.3, -0.25) is 4.79 Å². The molecule has 1 saturated heterocycles. The molecule has 5 heteroatoms. The first-order valence-electron chi connectivity index (χ1n) is 5.11. The van der Waals surface area contributed by atoms with E-state index in [0.717, 1.165) is 37.6 Å². The molecule has 0 saturated carbocycles. The fourth-order valence-electron chi connectivity index (χ4n) is 1.35. The third kappa shape index (κ3) is 4.30. The summed E-state index contributed by atoms with van der Waals surface area (Å²) < 4.78 is 0. The van der Waals surface area contributed by atoms with Crippen LogP contribution in [0.25, 0.3) is 0 Å². The minimum Gasteiger partial charge on any atom is -0.340 e. The molecule has 0 unspecified atom stereocenters. The van der Waals surface area contributed by atoms with E-state index in [1.165, 1.54) is 0 Å². The number of hydrogen-bond acceptors (Lipinski definition) is 4. The van der Waals surface area contributed by atoms with Gasteiger partial charge in [0, 0.05) is 24.6 Å². The zero-order valence-electron chi connectivity index (χ0n) is 8.50. The van der Waals surface area contributed by atoms with Crippen molar-refractivity contribution in [1.29, 1.82) is 0 Å². The summed E-state index contributed by atoms with van der Waals surface area (Å²) in [5.74, 6) is 2.38. The zero-order valence-corrected chi connectivity index (χ0v) is 9.31. The van der Waals surface area contributed by atoms with Gasteiger partial charge in [0.25, 0.3) is 0 Å². The number of carbonyl (C=O) groups is 1. The van der Waals surface area contributed by atoms with Crippen LogP contribution < -0.4 is 11.1 Å². The van der Waals surface area contributed by atoms with Crippen LogP contribution in [0.4, 0.5) is 0 Å². The molecular formula is C9H19N3OS. The topological polar surface area (TPSA) is 58.4 Å². The zero-order chi connectivity index (χ0) is 10.2. The predicted octanol–water partition coefficient (Wildman–Crippen LogP) is -0.500. The molecule has 1 heterocycles. The third-order valence-corrected chi connectivity index (χ3v) is 3.14. The summed E-state index contributed by atoms with van der Waals surface area (Å²) in [5, 5.41) is 3.11. The molecule has 0 aromatic carbocycles. The van der Waals surface area contributed by atoms with Crippen LogP contribution in [0.2, 0.25) is 0 Å². The summed E-state index contributed by atoms with van der Waals surface area (Å²) in [7, 11) is 0. The van der Waals surface area contributed by atoms with E-state index in [1.54, 1.807) is 0 Å². The van der Waals surface area contributed by atoms with E-state index in [2.05, 4.69) is 5.32 Å². The van der Waals surface area contributed by atoms with E-state index in [1.807, 2.05) is 16.7 Å². The number of nitrogens with zero attached hydrogens (tertiary/aromatic N) is 1. The molecular weight excluding hydrogens is 198 g/mol. The van der Waals surface area contributed by atoms with E-state index in [4.69, 9.17) is 5.73 Å². The summed E-state index contributed by atoms with van der Waals surface area (Å²) in [6, 6.07) is 0. The van der Waals surface area contributed by atoms with Gasteiger partial charge in [-0.2, -0.15) is 11.8 Å². The largest absolute Gasteiger partial charge is 0.340 e. The van der Waals surface area contributed by atoms with Crippen LogP contribution in [0.15, 0.2) is 0 Å². The van der Waals surface area contributed by atoms with Crippen molar-refractivity contribution >= 4 is 17.7 Å². The van der Waals surface area contributed by atoms with Gasteiger partial charge in [0.2, 0.25) is 5.91 Å². The SMILES string of the molecule is NCCCNCC(=O)N1CCSCC1. The molecule has 3 N–H and O–H groups in total. The van der Waals surface area contributed by atoms with Gasteiger partial charge in [-0.25, -0.2) is 0 Å². The summed E-state index contributed by atoms with van der Waals surface area (Å²) in [6.07, 6.45) is 0.934. The molecule has 0 aromatic rings. The van der Waals surface area contributed by atoms with Crippen LogP contribution in [0.5, 0.6) is 0 Å². The summed E-state index contributed by atoms with van der Waals surface area (Å²) in [6.45, 7) is 3.79. The Morgan fingerprint density at radius 2 is 2.14 bits per heavy atom. The highest BCUT2D eigenvalue weighted by Crippen LogP contribution is 2.08. The monoisotopic (exact) mass is 217 g/mol. The molecule has 0 spiro atoms. The Labute approximate surface area is 89.6 Å². The maximum Gasteiger partial charge on any atom is 0.236 e. The van der Waals surface area contributed by atoms with Gasteiger partial charge in [0.05, 0.1) is 6.54 Å². The number of nitrogens with one attached hydrogen (secondary N) is 1. The molecule has 0 bridgehead atoms. The number of amides is 1. The quantitative estimate of drug-likeness (QED) is 0.610. The maximum absolute atomic E-state index is 11.6. The minimum atomic E-state index is 0.224. The van der Waals surface area contributed by atoms with Crippen molar-refractivity contribution in [2.75, 3.05) is 44.2 Å². The lowest BCUT2D eigenvalue weighted by molar-refractivity contribution is -0.129. The molecule has 0 aromatic heterocycles. The highest BCUT2D eigenvalue weighted by Gasteiger charge is 2.15. The van der Waals surface area contributed by atoms with E-state index >= 15 is 0 Å². The molecule has 14 heavy (non-hydrogen) atoms. The van der Waals surface area contributed by atoms with Gasteiger partial charge in [0.15, 0.2) is 0 Å². The first-order valence-corrected chi connectivity index (χ1v) is 6.26. The fraction of sp³-hybridized carbons (Fsp3) is 0.889. The second kappa shape index (κ2) is 7.09. The lowest BCUT2D eigenvalue weighted by atomic mass is 10.4. The van der Waals surface area contributed by atoms with Crippen molar-refractivity contribution in [3.05, 3.63) is 0 Å². The fourth-order valence-corrected chi connectivity index (χ4v) is 2.25. The Bertz CT molecular complexity index is 171. The second-order valence-corrected chi connectivity index (χ2v) is 4.54. The smallest absolute Gasteiger partial charge is 0.236 e. The summed E-state index contributed by atoms with van der Waals surface area (Å²) in [5.41, 5.74) is 5.35. The van der Waals surface area contributed by atoms with Gasteiger partial charge in [0.1, 0.15) is 0 Å². The molecule has 0 radical (unpaired) electrons. The normalized spacial score (nSPS) is 17.1. The molecule has 1 aliphatic rings. The number of thioether (sulfide) groups is 1. The lowest BCUT2D eigenvalue weighted by Gasteiger charge is -2.26. The van der Waals surface area contributed by atoms with Crippen LogP contribution >= 0.6 is 11.8 Å². The van der Waals surface area contributed by atoms with Crippen molar-refractivity contribution in [3.63, 3.8) is 0 Å². The Morgan fingerprint density at radius 3 is 2.79 bits per heavy atom. The average molecular weight is 217 g/mol. The highest BCUT2D eigenvalue weighted by molar-refractivity contribution is 7.99. The highest BCUT2D eigenvalue weighted by atomic mass is 32.2. The Hall–Kier alpha value is -0.260. The number of carbonyl (C=O) groups excluding carboxylic acids is 1. The maximum atomic E-state index is 11.6. The van der Waals surface area contributed by atoms with Crippen LogP contribution in [-0.4, -0.2) is 55.0 Å². The van der Waals surface area contributed by atoms with Crippen molar-refractivity contribution in [2.24, 2.45) is 5.73 Å². The Balaban J connectivity index is 2.07. The van der Waals surface area contributed by atoms with Crippen molar-refractivity contribution in [1.82, 2.24) is 10.2 Å². The molecule has 82 valence electrons. The molecule has 4 nitrogen and oxygen atoms in total. The van der Waals surface area contributed by atoms with Crippen molar-refractivity contribution < 1.29 is 4.79 Å². The third-order valence-electron chi connectivity index (χ3n) is 2.20. The Kier molecular flexibility index (Phi) is 5.98. The van der Waals surface area contributed by atoms with Gasteiger partial charge >= 0.3 is 0 Å². The van der Waals surface area contributed by atoms with Crippen LogP contribution in [0.3, 0.4) is 0 Å². The standard InChI is InChI=1S/C9H19N3OS/c10-2-1-3-11-8-9(13)12-4-6-14-7-5-12/h11H,1-8,10H2. The predicted molar refractivity (Wildman–Crippen MR) is 60.4 cm³/mol. The number of hydrogen-bond donors (Lipinski definition) is 2. The molecule has 1 rings (SSSR count). The van der Waals surface area contributed by atoms with Crippen LogP contribution in [-0.2, 0) is 4.79 Å². The minimum absolute atomic E-state index is 0.224. The van der Waals surface area contributed by atoms with Gasteiger partial charge in [-0.05, 0) is 19.5 Å². The van der Waals surface area contributed by atoms with E-state index < -0.39 is 0 Å². The first kappa shape index (κ1) is 11.8. The number of rotatable bonds is 5. The number of nitrogens with two attached hydrogens (primary N) is 1. The van der Waals surface area contributed by atoms with Gasteiger partial charge < -0.3 is 16.0 Å². The molecule has 1 fully saturated rings. The van der Waals surface area contributed by atoms with Gasteiger partial charge in [-0.15, -0.1) is 0 Å². The van der Waals surface area contributed by atoms with Crippen LogP contribution in [0.1, 0.15) is 6.42 Å². The van der Waals surface area contributed by atoms with E-state index in [0.29, 0.717) is 13.1 Å². The van der Waals surface area contributed by atoms with Crippen molar-refractivity contribution in [3.8, 4) is 0 Å². The van der Waals surface area contributed by atoms with E-state index in [9.17, 15) is 4.79 Å². The molecule has 1 amide bonds. The first-order chi connectivity index (χ1) is 6.84.